The minimum atomic E-state index is 0.0348. The molecular weight excluding hydrogens is 336 g/mol. The van der Waals surface area contributed by atoms with Gasteiger partial charge in [0.1, 0.15) is 5.75 Å². The quantitative estimate of drug-likeness (QED) is 0.691. The minimum Gasteiger partial charge on any atom is -0.497 e. The number of amides is 1. The molecule has 0 aliphatic carbocycles. The summed E-state index contributed by atoms with van der Waals surface area (Å²) in [5, 5.41) is 0. The number of rotatable bonds is 3. The van der Waals surface area contributed by atoms with Crippen molar-refractivity contribution in [3.05, 3.63) is 83.7 Å². The standard InChI is InChI=1S/C23H22N2O2/c1-16-20-4-3-5-21(17-6-8-19(27-2)9-7-17)22(20)12-15-25(16)23(26)18-10-13-24-14-11-18/h3-11,13-14,16H,12,15H2,1-2H3/t16-/m1/s1. The zero-order valence-electron chi connectivity index (χ0n) is 15.6. The Morgan fingerprint density at radius 3 is 2.52 bits per heavy atom. The van der Waals surface area contributed by atoms with Crippen molar-refractivity contribution >= 4 is 5.91 Å². The van der Waals surface area contributed by atoms with Gasteiger partial charge >= 0.3 is 0 Å². The van der Waals surface area contributed by atoms with Crippen LogP contribution in [0.25, 0.3) is 11.1 Å². The molecule has 0 saturated carbocycles. The normalized spacial score (nSPS) is 15.9. The average molecular weight is 358 g/mol. The average Bonchev–Trinajstić information content (AvgIpc) is 2.74. The first-order chi connectivity index (χ1) is 13.2. The molecule has 1 aliphatic heterocycles. The number of benzene rings is 2. The molecule has 1 amide bonds. The number of aromatic nitrogens is 1. The summed E-state index contributed by atoms with van der Waals surface area (Å²) >= 11 is 0. The molecule has 4 rings (SSSR count). The third-order valence-corrected chi connectivity index (χ3v) is 5.32. The molecular formula is C23H22N2O2. The van der Waals surface area contributed by atoms with Crippen molar-refractivity contribution in [1.82, 2.24) is 9.88 Å². The van der Waals surface area contributed by atoms with Crippen LogP contribution in [-0.4, -0.2) is 29.4 Å². The fraction of sp³-hybridized carbons (Fsp3) is 0.217. The molecule has 0 N–H and O–H groups in total. The number of pyridine rings is 1. The highest BCUT2D eigenvalue weighted by atomic mass is 16.5. The second-order valence-corrected chi connectivity index (χ2v) is 6.76. The van der Waals surface area contributed by atoms with Crippen LogP contribution in [0.1, 0.15) is 34.5 Å². The Morgan fingerprint density at radius 2 is 1.81 bits per heavy atom. The Kier molecular flexibility index (Phi) is 4.63. The van der Waals surface area contributed by atoms with Gasteiger partial charge in [-0.05, 0) is 59.9 Å². The van der Waals surface area contributed by atoms with Gasteiger partial charge < -0.3 is 9.64 Å². The van der Waals surface area contributed by atoms with E-state index in [4.69, 9.17) is 4.74 Å². The minimum absolute atomic E-state index is 0.0348. The van der Waals surface area contributed by atoms with E-state index in [1.165, 1.54) is 22.3 Å². The van der Waals surface area contributed by atoms with Gasteiger partial charge in [-0.2, -0.15) is 0 Å². The molecule has 1 aromatic heterocycles. The van der Waals surface area contributed by atoms with E-state index in [1.54, 1.807) is 31.6 Å². The highest BCUT2D eigenvalue weighted by Crippen LogP contribution is 2.36. The number of hydrogen-bond donors (Lipinski definition) is 0. The maximum absolute atomic E-state index is 12.9. The Morgan fingerprint density at radius 1 is 1.07 bits per heavy atom. The molecule has 0 fully saturated rings. The molecule has 4 heteroatoms. The van der Waals surface area contributed by atoms with Crippen molar-refractivity contribution in [3.63, 3.8) is 0 Å². The van der Waals surface area contributed by atoms with Crippen LogP contribution >= 0.6 is 0 Å². The fourth-order valence-electron chi connectivity index (χ4n) is 3.85. The topological polar surface area (TPSA) is 42.4 Å². The smallest absolute Gasteiger partial charge is 0.254 e. The predicted octanol–water partition coefficient (Wildman–Crippen LogP) is 4.52. The summed E-state index contributed by atoms with van der Waals surface area (Å²) in [4.78, 5) is 18.9. The summed E-state index contributed by atoms with van der Waals surface area (Å²) in [6.07, 6.45) is 4.17. The van der Waals surface area contributed by atoms with E-state index < -0.39 is 0 Å². The van der Waals surface area contributed by atoms with Crippen LogP contribution in [0.4, 0.5) is 0 Å². The Hall–Kier alpha value is -3.14. The van der Waals surface area contributed by atoms with Crippen molar-refractivity contribution in [2.24, 2.45) is 0 Å². The predicted molar refractivity (Wildman–Crippen MR) is 106 cm³/mol. The number of carbonyl (C=O) groups is 1. The lowest BCUT2D eigenvalue weighted by atomic mass is 9.87. The largest absolute Gasteiger partial charge is 0.497 e. The third kappa shape index (κ3) is 3.19. The Bertz CT molecular complexity index is 952. The number of fused-ring (bicyclic) bond motifs is 1. The van der Waals surface area contributed by atoms with Crippen LogP contribution in [0.2, 0.25) is 0 Å². The van der Waals surface area contributed by atoms with Crippen molar-refractivity contribution in [1.29, 1.82) is 0 Å². The number of methoxy groups -OCH3 is 1. The van der Waals surface area contributed by atoms with Gasteiger partial charge in [0.2, 0.25) is 0 Å². The van der Waals surface area contributed by atoms with E-state index >= 15 is 0 Å². The van der Waals surface area contributed by atoms with Gasteiger partial charge in [0.15, 0.2) is 0 Å². The van der Waals surface area contributed by atoms with E-state index in [9.17, 15) is 4.79 Å². The zero-order valence-corrected chi connectivity index (χ0v) is 15.6. The van der Waals surface area contributed by atoms with Crippen molar-refractivity contribution in [2.75, 3.05) is 13.7 Å². The summed E-state index contributed by atoms with van der Waals surface area (Å²) in [5.74, 6) is 0.913. The molecule has 1 atom stereocenters. The van der Waals surface area contributed by atoms with Gasteiger partial charge in [-0.1, -0.05) is 30.3 Å². The van der Waals surface area contributed by atoms with Gasteiger partial charge in [-0.15, -0.1) is 0 Å². The Labute approximate surface area is 159 Å². The van der Waals surface area contributed by atoms with Crippen LogP contribution in [0.15, 0.2) is 67.0 Å². The van der Waals surface area contributed by atoms with Crippen LogP contribution in [0, 0.1) is 0 Å². The lowest BCUT2D eigenvalue weighted by Gasteiger charge is -2.36. The number of nitrogens with zero attached hydrogens (tertiary/aromatic N) is 2. The SMILES string of the molecule is COc1ccc(-c2cccc3c2CCN(C(=O)c2ccncc2)[C@@H]3C)cc1. The zero-order chi connectivity index (χ0) is 18.8. The highest BCUT2D eigenvalue weighted by Gasteiger charge is 2.29. The van der Waals surface area contributed by atoms with E-state index in [0.717, 1.165) is 12.2 Å². The summed E-state index contributed by atoms with van der Waals surface area (Å²) in [5.41, 5.74) is 5.64. The summed E-state index contributed by atoms with van der Waals surface area (Å²) in [6, 6.07) is 18.1. The lowest BCUT2D eigenvalue weighted by Crippen LogP contribution is -2.39. The van der Waals surface area contributed by atoms with Crippen molar-refractivity contribution in [3.8, 4) is 16.9 Å². The van der Waals surface area contributed by atoms with E-state index in [1.807, 2.05) is 17.0 Å². The molecule has 0 saturated heterocycles. The van der Waals surface area contributed by atoms with Gasteiger partial charge in [0.25, 0.3) is 5.91 Å². The van der Waals surface area contributed by atoms with Gasteiger partial charge in [-0.3, -0.25) is 9.78 Å². The van der Waals surface area contributed by atoms with Crippen LogP contribution in [-0.2, 0) is 6.42 Å². The first-order valence-corrected chi connectivity index (χ1v) is 9.16. The third-order valence-electron chi connectivity index (χ3n) is 5.32. The molecule has 1 aliphatic rings. The van der Waals surface area contributed by atoms with E-state index in [-0.39, 0.29) is 11.9 Å². The maximum Gasteiger partial charge on any atom is 0.254 e. The molecule has 0 spiro atoms. The first kappa shape index (κ1) is 17.3. The van der Waals surface area contributed by atoms with Gasteiger partial charge in [0.05, 0.1) is 13.2 Å². The van der Waals surface area contributed by atoms with Crippen LogP contribution in [0.5, 0.6) is 5.75 Å². The molecule has 136 valence electrons. The molecule has 2 heterocycles. The summed E-state index contributed by atoms with van der Waals surface area (Å²) in [7, 11) is 1.68. The van der Waals surface area contributed by atoms with E-state index in [0.29, 0.717) is 12.1 Å². The van der Waals surface area contributed by atoms with E-state index in [2.05, 4.69) is 42.2 Å². The lowest BCUT2D eigenvalue weighted by molar-refractivity contribution is 0.0678. The second kappa shape index (κ2) is 7.23. The highest BCUT2D eigenvalue weighted by molar-refractivity contribution is 5.94. The maximum atomic E-state index is 12.9. The first-order valence-electron chi connectivity index (χ1n) is 9.16. The molecule has 0 radical (unpaired) electrons. The molecule has 27 heavy (non-hydrogen) atoms. The molecule has 0 bridgehead atoms. The molecule has 4 nitrogen and oxygen atoms in total. The van der Waals surface area contributed by atoms with Crippen molar-refractivity contribution < 1.29 is 9.53 Å². The van der Waals surface area contributed by atoms with Gasteiger partial charge in [-0.25, -0.2) is 0 Å². The molecule has 2 aromatic carbocycles. The van der Waals surface area contributed by atoms with Crippen molar-refractivity contribution in [2.45, 2.75) is 19.4 Å². The number of carbonyl (C=O) groups excluding carboxylic acids is 1. The molecule has 0 unspecified atom stereocenters. The van der Waals surface area contributed by atoms with Crippen LogP contribution < -0.4 is 4.74 Å². The monoisotopic (exact) mass is 358 g/mol. The fourth-order valence-corrected chi connectivity index (χ4v) is 3.85. The van der Waals surface area contributed by atoms with Gasteiger partial charge in [0, 0.05) is 24.5 Å². The second-order valence-electron chi connectivity index (χ2n) is 6.76. The Balaban J connectivity index is 1.67. The summed E-state index contributed by atoms with van der Waals surface area (Å²) in [6.45, 7) is 2.82. The number of hydrogen-bond acceptors (Lipinski definition) is 3. The van der Waals surface area contributed by atoms with Crippen LogP contribution in [0.3, 0.4) is 0 Å². The number of ether oxygens (including phenoxy) is 1. The molecule has 3 aromatic rings. The summed E-state index contributed by atoms with van der Waals surface area (Å²) < 4.78 is 5.27.